The van der Waals surface area contributed by atoms with Crippen molar-refractivity contribution in [3.05, 3.63) is 64.6 Å². The molecule has 0 unspecified atom stereocenters. The third-order valence-electron chi connectivity index (χ3n) is 4.85. The first-order valence-electron chi connectivity index (χ1n) is 9.62. The number of piperazine rings is 1. The van der Waals surface area contributed by atoms with E-state index in [0.717, 1.165) is 12.0 Å². The summed E-state index contributed by atoms with van der Waals surface area (Å²) in [6, 6.07) is 15.0. The molecule has 0 bridgehead atoms. The smallest absolute Gasteiger partial charge is 0.417 e. The van der Waals surface area contributed by atoms with Crippen molar-refractivity contribution in [3.63, 3.8) is 0 Å². The lowest BCUT2D eigenvalue weighted by Gasteiger charge is -2.33. The first-order chi connectivity index (χ1) is 14.2. The zero-order chi connectivity index (χ0) is 20.1. The van der Waals surface area contributed by atoms with E-state index in [0.29, 0.717) is 43.1 Å². The molecule has 152 valence electrons. The van der Waals surface area contributed by atoms with E-state index in [1.165, 1.54) is 0 Å². The molecule has 1 amide bonds. The van der Waals surface area contributed by atoms with Crippen LogP contribution < -0.4 is 15.8 Å². The van der Waals surface area contributed by atoms with Crippen molar-refractivity contribution in [1.82, 2.24) is 15.2 Å². The van der Waals surface area contributed by atoms with Crippen molar-refractivity contribution in [2.45, 2.75) is 19.1 Å². The summed E-state index contributed by atoms with van der Waals surface area (Å²) in [5.41, 5.74) is 2.08. The Labute approximate surface area is 167 Å². The van der Waals surface area contributed by atoms with Crippen LogP contribution in [0.25, 0.3) is 11.1 Å². The maximum atomic E-state index is 12.3. The molecule has 0 aliphatic carbocycles. The Morgan fingerprint density at radius 1 is 1.21 bits per heavy atom. The summed E-state index contributed by atoms with van der Waals surface area (Å²) in [7, 11) is 0. The molecule has 8 heteroatoms. The number of fused-ring (bicyclic) bond motifs is 1. The number of H-pyrrole nitrogens is 1. The van der Waals surface area contributed by atoms with Gasteiger partial charge in [-0.2, -0.15) is 0 Å². The van der Waals surface area contributed by atoms with Gasteiger partial charge in [-0.25, -0.2) is 9.59 Å². The molecule has 1 aliphatic rings. The number of hydrogen-bond donors (Lipinski definition) is 2. The summed E-state index contributed by atoms with van der Waals surface area (Å²) in [5.74, 6) is 0.151. The molecule has 0 radical (unpaired) electrons. The summed E-state index contributed by atoms with van der Waals surface area (Å²) in [5, 5.41) is 3.40. The van der Waals surface area contributed by atoms with Gasteiger partial charge in [0.1, 0.15) is 12.4 Å². The van der Waals surface area contributed by atoms with Gasteiger partial charge in [0.25, 0.3) is 0 Å². The SMILES string of the molecule is O=C(OCc1ccccc1)N1CCN[C@H](CCOc2ccc3[nH]c(=O)oc3c2)C1. The lowest BCUT2D eigenvalue weighted by molar-refractivity contribution is 0.0827. The average Bonchev–Trinajstić information content (AvgIpc) is 3.12. The van der Waals surface area contributed by atoms with Crippen molar-refractivity contribution in [1.29, 1.82) is 0 Å². The Hall–Kier alpha value is -3.26. The third-order valence-corrected chi connectivity index (χ3v) is 4.85. The van der Waals surface area contributed by atoms with Gasteiger partial charge < -0.3 is 24.1 Å². The molecule has 0 saturated carbocycles. The minimum atomic E-state index is -0.484. The van der Waals surface area contributed by atoms with Crippen LogP contribution in [0.5, 0.6) is 5.75 Å². The van der Waals surface area contributed by atoms with Crippen LogP contribution in [0.15, 0.2) is 57.7 Å². The minimum absolute atomic E-state index is 0.127. The molecule has 2 N–H and O–H groups in total. The fraction of sp³-hybridized carbons (Fsp3) is 0.333. The van der Waals surface area contributed by atoms with Crippen LogP contribution in [0.1, 0.15) is 12.0 Å². The highest BCUT2D eigenvalue weighted by Gasteiger charge is 2.24. The predicted molar refractivity (Wildman–Crippen MR) is 107 cm³/mol. The van der Waals surface area contributed by atoms with E-state index in [2.05, 4.69) is 10.3 Å². The van der Waals surface area contributed by atoms with Gasteiger partial charge in [0, 0.05) is 31.7 Å². The van der Waals surface area contributed by atoms with Crippen molar-refractivity contribution in [3.8, 4) is 5.75 Å². The lowest BCUT2D eigenvalue weighted by atomic mass is 10.1. The van der Waals surface area contributed by atoms with Crippen LogP contribution in [0.2, 0.25) is 0 Å². The Morgan fingerprint density at radius 3 is 2.93 bits per heavy atom. The van der Waals surface area contributed by atoms with Crippen LogP contribution >= 0.6 is 0 Å². The number of rotatable bonds is 6. The van der Waals surface area contributed by atoms with Crippen molar-refractivity contribution in [2.24, 2.45) is 0 Å². The highest BCUT2D eigenvalue weighted by molar-refractivity contribution is 5.73. The summed E-state index contributed by atoms with van der Waals surface area (Å²) >= 11 is 0. The number of amides is 1. The number of aromatic amines is 1. The van der Waals surface area contributed by atoms with Gasteiger partial charge in [-0.05, 0) is 24.1 Å². The number of hydrogen-bond acceptors (Lipinski definition) is 6. The molecule has 1 atom stereocenters. The molecule has 1 fully saturated rings. The van der Waals surface area contributed by atoms with E-state index in [1.54, 1.807) is 23.1 Å². The quantitative estimate of drug-likeness (QED) is 0.663. The largest absolute Gasteiger partial charge is 0.493 e. The summed E-state index contributed by atoms with van der Waals surface area (Å²) < 4.78 is 16.2. The molecule has 29 heavy (non-hydrogen) atoms. The number of ether oxygens (including phenoxy) is 2. The second kappa shape index (κ2) is 8.83. The average molecular weight is 397 g/mol. The molecular formula is C21H23N3O5. The molecule has 1 aliphatic heterocycles. The normalized spacial score (nSPS) is 16.7. The fourth-order valence-corrected chi connectivity index (χ4v) is 3.33. The Bertz CT molecular complexity index is 1010. The number of benzene rings is 2. The minimum Gasteiger partial charge on any atom is -0.493 e. The molecule has 2 heterocycles. The van der Waals surface area contributed by atoms with Gasteiger partial charge in [-0.15, -0.1) is 0 Å². The first-order valence-corrected chi connectivity index (χ1v) is 9.62. The van der Waals surface area contributed by atoms with Crippen LogP contribution in [0.4, 0.5) is 4.79 Å². The molecule has 1 saturated heterocycles. The molecule has 2 aromatic carbocycles. The van der Waals surface area contributed by atoms with Crippen LogP contribution in [0.3, 0.4) is 0 Å². The lowest BCUT2D eigenvalue weighted by Crippen LogP contribution is -2.53. The number of aromatic nitrogens is 1. The van der Waals surface area contributed by atoms with E-state index >= 15 is 0 Å². The standard InChI is InChI=1S/C21H23N3O5/c25-20-23-18-7-6-17(12-19(18)29-20)27-11-8-16-13-24(10-9-22-16)21(26)28-14-15-4-2-1-3-5-15/h1-7,12,16,22H,8-11,13-14H2,(H,23,25)/t16-/m1/s1. The van der Waals surface area contributed by atoms with Crippen molar-refractivity contribution < 1.29 is 18.7 Å². The van der Waals surface area contributed by atoms with E-state index < -0.39 is 5.76 Å². The van der Waals surface area contributed by atoms with E-state index in [-0.39, 0.29) is 18.7 Å². The second-order valence-electron chi connectivity index (χ2n) is 6.95. The van der Waals surface area contributed by atoms with Gasteiger partial charge in [0.05, 0.1) is 12.1 Å². The monoisotopic (exact) mass is 397 g/mol. The molecule has 3 aromatic rings. The summed E-state index contributed by atoms with van der Waals surface area (Å²) in [6.45, 7) is 2.66. The molecule has 1 aromatic heterocycles. The van der Waals surface area contributed by atoms with Gasteiger partial charge in [0.15, 0.2) is 5.58 Å². The predicted octanol–water partition coefficient (Wildman–Crippen LogP) is 2.50. The molecule has 4 rings (SSSR count). The number of carbonyl (C=O) groups is 1. The van der Waals surface area contributed by atoms with Crippen LogP contribution in [0, 0.1) is 0 Å². The van der Waals surface area contributed by atoms with Crippen molar-refractivity contribution >= 4 is 17.2 Å². The fourth-order valence-electron chi connectivity index (χ4n) is 3.33. The van der Waals surface area contributed by atoms with Gasteiger partial charge >= 0.3 is 11.8 Å². The second-order valence-corrected chi connectivity index (χ2v) is 6.95. The van der Waals surface area contributed by atoms with Gasteiger partial charge in [-0.1, -0.05) is 30.3 Å². The number of oxazole rings is 1. The van der Waals surface area contributed by atoms with E-state index in [4.69, 9.17) is 13.9 Å². The maximum Gasteiger partial charge on any atom is 0.417 e. The number of carbonyl (C=O) groups excluding carboxylic acids is 1. The van der Waals surface area contributed by atoms with Crippen molar-refractivity contribution in [2.75, 3.05) is 26.2 Å². The first kappa shape index (κ1) is 19.1. The third kappa shape index (κ3) is 4.97. The molecule has 0 spiro atoms. The maximum absolute atomic E-state index is 12.3. The zero-order valence-corrected chi connectivity index (χ0v) is 15.9. The van der Waals surface area contributed by atoms with Gasteiger partial charge in [-0.3, -0.25) is 4.98 Å². The van der Waals surface area contributed by atoms with E-state index in [1.807, 2.05) is 30.3 Å². The molecule has 8 nitrogen and oxygen atoms in total. The number of nitrogens with zero attached hydrogens (tertiary/aromatic N) is 1. The Morgan fingerprint density at radius 2 is 2.07 bits per heavy atom. The molecular weight excluding hydrogens is 374 g/mol. The van der Waals surface area contributed by atoms with E-state index in [9.17, 15) is 9.59 Å². The Balaban J connectivity index is 1.23. The van der Waals surface area contributed by atoms with Crippen LogP contribution in [-0.4, -0.2) is 48.3 Å². The summed E-state index contributed by atoms with van der Waals surface area (Å²) in [6.07, 6.45) is 0.437. The topological polar surface area (TPSA) is 96.8 Å². The van der Waals surface area contributed by atoms with Gasteiger partial charge in [0.2, 0.25) is 0 Å². The Kier molecular flexibility index (Phi) is 5.81. The highest BCUT2D eigenvalue weighted by atomic mass is 16.6. The van der Waals surface area contributed by atoms with Crippen LogP contribution in [-0.2, 0) is 11.3 Å². The number of nitrogens with one attached hydrogen (secondary N) is 2. The summed E-state index contributed by atoms with van der Waals surface area (Å²) in [4.78, 5) is 27.9. The zero-order valence-electron chi connectivity index (χ0n) is 15.9. The highest BCUT2D eigenvalue weighted by Crippen LogP contribution is 2.18.